The zero-order valence-electron chi connectivity index (χ0n) is 14.7. The molecule has 1 unspecified atom stereocenters. The number of nitrogens with one attached hydrogen (secondary N) is 2. The quantitative estimate of drug-likeness (QED) is 0.743. The maximum atomic E-state index is 13.0. The van der Waals surface area contributed by atoms with Gasteiger partial charge in [0, 0.05) is 40.3 Å². The Balaban J connectivity index is 1.58. The second-order valence-corrected chi connectivity index (χ2v) is 7.51. The molecule has 134 valence electrons. The molecule has 0 radical (unpaired) electrons. The number of nitrogens with zero attached hydrogens (tertiary/aromatic N) is 2. The molecular weight excluding hydrogens is 348 g/mol. The highest BCUT2D eigenvalue weighted by Crippen LogP contribution is 2.26. The lowest BCUT2D eigenvalue weighted by molar-refractivity contribution is -0.119. The lowest BCUT2D eigenvalue weighted by atomic mass is 10.1. The van der Waals surface area contributed by atoms with Gasteiger partial charge in [0.05, 0.1) is 0 Å². The molecule has 26 heavy (non-hydrogen) atoms. The van der Waals surface area contributed by atoms with Crippen LogP contribution in [0.1, 0.15) is 34.5 Å². The van der Waals surface area contributed by atoms with Gasteiger partial charge in [-0.2, -0.15) is 0 Å². The monoisotopic (exact) mass is 368 g/mol. The molecule has 1 aromatic carbocycles. The molecule has 0 bridgehead atoms. The lowest BCUT2D eigenvalue weighted by Gasteiger charge is -2.23. The van der Waals surface area contributed by atoms with Crippen molar-refractivity contribution in [2.24, 2.45) is 0 Å². The Hall–Kier alpha value is -2.67. The molecule has 1 atom stereocenters. The summed E-state index contributed by atoms with van der Waals surface area (Å²) in [6.07, 6.45) is 3.15. The predicted molar refractivity (Wildman–Crippen MR) is 103 cm³/mol. The number of rotatable bonds is 3. The van der Waals surface area contributed by atoms with Crippen molar-refractivity contribution in [3.8, 4) is 0 Å². The van der Waals surface area contributed by atoms with Crippen LogP contribution in [-0.2, 0) is 4.79 Å². The first-order chi connectivity index (χ1) is 12.5. The van der Waals surface area contributed by atoms with Crippen molar-refractivity contribution >= 4 is 39.2 Å². The highest BCUT2D eigenvalue weighted by molar-refractivity contribution is 7.13. The van der Waals surface area contributed by atoms with Gasteiger partial charge >= 0.3 is 0 Å². The van der Waals surface area contributed by atoms with E-state index in [2.05, 4.69) is 15.3 Å². The Morgan fingerprint density at radius 1 is 1.35 bits per heavy atom. The molecule has 3 heterocycles. The second-order valence-electron chi connectivity index (χ2n) is 6.62. The number of H-pyrrole nitrogens is 1. The second kappa shape index (κ2) is 6.57. The normalized spacial score (nSPS) is 17.0. The minimum atomic E-state index is -0.448. The van der Waals surface area contributed by atoms with E-state index in [0.29, 0.717) is 23.7 Å². The summed E-state index contributed by atoms with van der Waals surface area (Å²) in [7, 11) is 0. The summed E-state index contributed by atoms with van der Waals surface area (Å²) >= 11 is 1.37. The standard InChI is InChI=1S/C19H20N4O2S/c1-11-12(2)21-15-6-5-13(10-14(11)15)18(25)23-8-3-4-16(23)17(24)22-19-20-7-9-26-19/h5-7,9-10,16,21H,3-4,8H2,1-2H3,(H,20,22,24). The number of thiazole rings is 1. The van der Waals surface area contributed by atoms with Crippen LogP contribution in [-0.4, -0.2) is 39.3 Å². The molecule has 0 saturated carbocycles. The molecule has 2 N–H and O–H groups in total. The summed E-state index contributed by atoms with van der Waals surface area (Å²) in [6.45, 7) is 4.66. The summed E-state index contributed by atoms with van der Waals surface area (Å²) in [4.78, 5) is 34.7. The van der Waals surface area contributed by atoms with Crippen LogP contribution in [0.3, 0.4) is 0 Å². The van der Waals surface area contributed by atoms with Gasteiger partial charge in [0.15, 0.2) is 5.13 Å². The number of anilines is 1. The summed E-state index contributed by atoms with van der Waals surface area (Å²) in [6, 6.07) is 5.23. The molecular formula is C19H20N4O2S. The van der Waals surface area contributed by atoms with Crippen LogP contribution in [0.2, 0.25) is 0 Å². The molecule has 3 aromatic rings. The smallest absolute Gasteiger partial charge is 0.254 e. The molecule has 1 saturated heterocycles. The summed E-state index contributed by atoms with van der Waals surface area (Å²) in [5, 5.41) is 6.24. The number of carbonyl (C=O) groups is 2. The van der Waals surface area contributed by atoms with Gasteiger partial charge in [0.2, 0.25) is 5.91 Å². The fourth-order valence-electron chi connectivity index (χ4n) is 3.52. The van der Waals surface area contributed by atoms with Gasteiger partial charge in [-0.25, -0.2) is 4.98 Å². The number of likely N-dealkylation sites (tertiary alicyclic amines) is 1. The summed E-state index contributed by atoms with van der Waals surface area (Å²) < 4.78 is 0. The van der Waals surface area contributed by atoms with Crippen LogP contribution in [0.15, 0.2) is 29.8 Å². The number of carbonyl (C=O) groups excluding carboxylic acids is 2. The van der Waals surface area contributed by atoms with Crippen LogP contribution in [0.4, 0.5) is 5.13 Å². The minimum absolute atomic E-state index is 0.0954. The van der Waals surface area contributed by atoms with Crippen molar-refractivity contribution in [3.05, 3.63) is 46.6 Å². The van der Waals surface area contributed by atoms with Gasteiger partial charge < -0.3 is 15.2 Å². The number of aryl methyl sites for hydroxylation is 2. The lowest BCUT2D eigenvalue weighted by Crippen LogP contribution is -2.43. The number of hydrogen-bond donors (Lipinski definition) is 2. The third-order valence-electron chi connectivity index (χ3n) is 5.03. The van der Waals surface area contributed by atoms with E-state index in [9.17, 15) is 9.59 Å². The van der Waals surface area contributed by atoms with E-state index in [4.69, 9.17) is 0 Å². The van der Waals surface area contributed by atoms with Gasteiger partial charge in [-0.05, 0) is 50.5 Å². The maximum Gasteiger partial charge on any atom is 0.254 e. The van der Waals surface area contributed by atoms with Gasteiger partial charge in [0.1, 0.15) is 6.04 Å². The van der Waals surface area contributed by atoms with Crippen LogP contribution in [0, 0.1) is 13.8 Å². The van der Waals surface area contributed by atoms with Crippen molar-refractivity contribution in [1.29, 1.82) is 0 Å². The molecule has 0 aliphatic carbocycles. The van der Waals surface area contributed by atoms with E-state index < -0.39 is 6.04 Å². The average molecular weight is 368 g/mol. The average Bonchev–Trinajstić information content (AvgIpc) is 3.36. The number of benzene rings is 1. The maximum absolute atomic E-state index is 13.0. The van der Waals surface area contributed by atoms with Crippen LogP contribution in [0.5, 0.6) is 0 Å². The molecule has 1 aliphatic heterocycles. The molecule has 1 fully saturated rings. The number of aromatic amines is 1. The summed E-state index contributed by atoms with van der Waals surface area (Å²) in [5.41, 5.74) is 3.89. The van der Waals surface area contributed by atoms with E-state index in [1.165, 1.54) is 11.3 Å². The van der Waals surface area contributed by atoms with Gasteiger partial charge in [0.25, 0.3) is 5.91 Å². The fraction of sp³-hybridized carbons (Fsp3) is 0.316. The number of fused-ring (bicyclic) bond motifs is 1. The molecule has 1 aliphatic rings. The highest BCUT2D eigenvalue weighted by atomic mass is 32.1. The Morgan fingerprint density at radius 3 is 2.96 bits per heavy atom. The molecule has 2 aromatic heterocycles. The number of amides is 2. The van der Waals surface area contributed by atoms with Gasteiger partial charge in [-0.3, -0.25) is 9.59 Å². The number of aromatic nitrogens is 2. The van der Waals surface area contributed by atoms with E-state index in [1.54, 1.807) is 11.1 Å². The van der Waals surface area contributed by atoms with E-state index in [1.807, 2.05) is 37.4 Å². The van der Waals surface area contributed by atoms with Crippen LogP contribution in [0.25, 0.3) is 10.9 Å². The number of hydrogen-bond acceptors (Lipinski definition) is 4. The summed E-state index contributed by atoms with van der Waals surface area (Å²) in [5.74, 6) is -0.262. The minimum Gasteiger partial charge on any atom is -0.358 e. The molecule has 0 spiro atoms. The van der Waals surface area contributed by atoms with Crippen molar-refractivity contribution in [2.45, 2.75) is 32.7 Å². The van der Waals surface area contributed by atoms with Gasteiger partial charge in [-0.1, -0.05) is 0 Å². The van der Waals surface area contributed by atoms with E-state index in [0.717, 1.165) is 28.6 Å². The van der Waals surface area contributed by atoms with E-state index in [-0.39, 0.29) is 11.8 Å². The molecule has 7 heteroatoms. The topological polar surface area (TPSA) is 78.1 Å². The first kappa shape index (κ1) is 16.8. The third-order valence-corrected chi connectivity index (χ3v) is 5.72. The highest BCUT2D eigenvalue weighted by Gasteiger charge is 2.35. The van der Waals surface area contributed by atoms with Crippen LogP contribution >= 0.6 is 11.3 Å². The molecule has 4 rings (SSSR count). The zero-order valence-corrected chi connectivity index (χ0v) is 15.5. The Labute approximate surface area is 155 Å². The third kappa shape index (κ3) is 2.88. The SMILES string of the molecule is Cc1[nH]c2ccc(C(=O)N3CCCC3C(=O)Nc3nccs3)cc2c1C. The largest absolute Gasteiger partial charge is 0.358 e. The fourth-order valence-corrected chi connectivity index (χ4v) is 4.05. The Kier molecular flexibility index (Phi) is 4.24. The predicted octanol–water partition coefficient (Wildman–Crippen LogP) is 3.48. The first-order valence-electron chi connectivity index (χ1n) is 8.65. The van der Waals surface area contributed by atoms with Crippen molar-refractivity contribution in [1.82, 2.24) is 14.9 Å². The Bertz CT molecular complexity index is 977. The van der Waals surface area contributed by atoms with Crippen molar-refractivity contribution in [3.63, 3.8) is 0 Å². The molecule has 2 amide bonds. The van der Waals surface area contributed by atoms with Crippen molar-refractivity contribution in [2.75, 3.05) is 11.9 Å². The molecule has 6 nitrogen and oxygen atoms in total. The Morgan fingerprint density at radius 2 is 2.19 bits per heavy atom. The van der Waals surface area contributed by atoms with E-state index >= 15 is 0 Å². The van der Waals surface area contributed by atoms with Crippen LogP contribution < -0.4 is 5.32 Å². The zero-order chi connectivity index (χ0) is 18.3. The van der Waals surface area contributed by atoms with Crippen molar-refractivity contribution < 1.29 is 9.59 Å². The first-order valence-corrected chi connectivity index (χ1v) is 9.53. The van der Waals surface area contributed by atoms with Gasteiger partial charge in [-0.15, -0.1) is 11.3 Å².